The maximum atomic E-state index is 13.3. The predicted octanol–water partition coefficient (Wildman–Crippen LogP) is 3.73. The minimum absolute atomic E-state index is 0.151. The van der Waals surface area contributed by atoms with Crippen molar-refractivity contribution in [2.24, 2.45) is 0 Å². The lowest BCUT2D eigenvalue weighted by Crippen LogP contribution is -2.49. The Kier molecular flexibility index (Phi) is 10.7. The summed E-state index contributed by atoms with van der Waals surface area (Å²) in [5.41, 5.74) is 2.07. The minimum Gasteiger partial charge on any atom is -0.354 e. The average Bonchev–Trinajstić information content (AvgIpc) is 2.84. The van der Waals surface area contributed by atoms with Gasteiger partial charge in [0, 0.05) is 33.1 Å². The lowest BCUT2D eigenvalue weighted by molar-refractivity contribution is -0.141. The second kappa shape index (κ2) is 13.2. The second-order valence-corrected chi connectivity index (χ2v) is 10.5. The molecule has 0 aliphatic heterocycles. The quantitative estimate of drug-likeness (QED) is 0.466. The maximum Gasteiger partial charge on any atom is 0.242 e. The van der Waals surface area contributed by atoms with Gasteiger partial charge in [-0.15, -0.1) is 0 Å². The van der Waals surface area contributed by atoms with Gasteiger partial charge in [-0.2, -0.15) is 0 Å². The van der Waals surface area contributed by atoms with E-state index in [1.165, 1.54) is 11.4 Å². The van der Waals surface area contributed by atoms with E-state index in [4.69, 9.17) is 0 Å². The molecule has 34 heavy (non-hydrogen) atoms. The normalized spacial score (nSPS) is 12.4. The monoisotopic (exact) mass is 487 g/mol. The number of aryl methyl sites for hydroxylation is 1. The first-order chi connectivity index (χ1) is 16.2. The van der Waals surface area contributed by atoms with Crippen molar-refractivity contribution in [1.29, 1.82) is 0 Å². The molecule has 0 heterocycles. The molecule has 0 spiro atoms. The minimum atomic E-state index is -3.61. The van der Waals surface area contributed by atoms with Crippen molar-refractivity contribution in [2.45, 2.75) is 63.9 Å². The highest BCUT2D eigenvalue weighted by Crippen LogP contribution is 2.17. The summed E-state index contributed by atoms with van der Waals surface area (Å²) in [6, 6.07) is 15.6. The number of amides is 2. The largest absolute Gasteiger partial charge is 0.354 e. The van der Waals surface area contributed by atoms with E-state index in [0.717, 1.165) is 17.5 Å². The molecule has 2 aromatic carbocycles. The van der Waals surface area contributed by atoms with Crippen LogP contribution in [0.3, 0.4) is 0 Å². The number of hydrogen-bond acceptors (Lipinski definition) is 4. The van der Waals surface area contributed by atoms with Crippen molar-refractivity contribution in [1.82, 2.24) is 14.5 Å². The van der Waals surface area contributed by atoms with Crippen molar-refractivity contribution >= 4 is 21.8 Å². The second-order valence-electron chi connectivity index (χ2n) is 8.47. The standard InChI is InChI=1S/C26H37N3O4S/c1-5-18-27-26(31)24(6-2)29(20-22-16-14-21(3)15-17-22)25(30)13-10-19-28(4)34(32,33)23-11-8-7-9-12-23/h7-9,11-12,14-17,24H,5-6,10,13,18-20H2,1-4H3,(H,27,31). The number of sulfonamides is 1. The van der Waals surface area contributed by atoms with Crippen LogP contribution in [0.25, 0.3) is 0 Å². The zero-order valence-electron chi connectivity index (χ0n) is 20.7. The molecule has 0 aliphatic rings. The highest BCUT2D eigenvalue weighted by Gasteiger charge is 2.28. The van der Waals surface area contributed by atoms with E-state index in [2.05, 4.69) is 5.32 Å². The molecule has 2 amide bonds. The van der Waals surface area contributed by atoms with Crippen LogP contribution in [0.4, 0.5) is 0 Å². The fourth-order valence-electron chi connectivity index (χ4n) is 3.66. The van der Waals surface area contributed by atoms with Gasteiger partial charge < -0.3 is 10.2 Å². The molecule has 186 valence electrons. The first kappa shape index (κ1) is 27.5. The Morgan fingerprint density at radius 1 is 1.00 bits per heavy atom. The van der Waals surface area contributed by atoms with Gasteiger partial charge in [0.1, 0.15) is 6.04 Å². The van der Waals surface area contributed by atoms with E-state index >= 15 is 0 Å². The Bertz CT molecular complexity index is 1020. The molecule has 1 unspecified atom stereocenters. The van der Waals surface area contributed by atoms with Gasteiger partial charge in [0.2, 0.25) is 21.8 Å². The number of hydrogen-bond donors (Lipinski definition) is 1. The number of carbonyl (C=O) groups is 2. The molecule has 1 atom stereocenters. The van der Waals surface area contributed by atoms with E-state index in [0.29, 0.717) is 25.9 Å². The number of carbonyl (C=O) groups excluding carboxylic acids is 2. The van der Waals surface area contributed by atoms with Crippen LogP contribution in [0.15, 0.2) is 59.5 Å². The van der Waals surface area contributed by atoms with Gasteiger partial charge in [0.15, 0.2) is 0 Å². The van der Waals surface area contributed by atoms with Gasteiger partial charge in [-0.25, -0.2) is 12.7 Å². The van der Waals surface area contributed by atoms with Gasteiger partial charge in [-0.05, 0) is 43.9 Å². The molecule has 0 saturated carbocycles. The van der Waals surface area contributed by atoms with Crippen molar-refractivity contribution in [2.75, 3.05) is 20.1 Å². The van der Waals surface area contributed by atoms with Crippen LogP contribution in [0, 0.1) is 6.92 Å². The Hall–Kier alpha value is -2.71. The summed E-state index contributed by atoms with van der Waals surface area (Å²) in [4.78, 5) is 27.9. The third-order valence-corrected chi connectivity index (χ3v) is 7.59. The predicted molar refractivity (Wildman–Crippen MR) is 135 cm³/mol. The summed E-state index contributed by atoms with van der Waals surface area (Å²) in [5, 5.41) is 2.91. The molecule has 0 bridgehead atoms. The van der Waals surface area contributed by atoms with Crippen molar-refractivity contribution in [3.05, 3.63) is 65.7 Å². The smallest absolute Gasteiger partial charge is 0.242 e. The lowest BCUT2D eigenvalue weighted by Gasteiger charge is -2.31. The molecule has 0 radical (unpaired) electrons. The number of benzene rings is 2. The summed E-state index contributed by atoms with van der Waals surface area (Å²) in [7, 11) is -2.09. The first-order valence-electron chi connectivity index (χ1n) is 11.8. The van der Waals surface area contributed by atoms with Crippen LogP contribution in [0.2, 0.25) is 0 Å². The molecule has 2 aromatic rings. The molecular weight excluding hydrogens is 450 g/mol. The van der Waals surface area contributed by atoms with Crippen LogP contribution in [-0.2, 0) is 26.2 Å². The van der Waals surface area contributed by atoms with E-state index in [1.54, 1.807) is 35.2 Å². The molecule has 0 saturated heterocycles. The molecule has 0 aromatic heterocycles. The van der Waals surface area contributed by atoms with Crippen LogP contribution < -0.4 is 5.32 Å². The van der Waals surface area contributed by atoms with Gasteiger partial charge >= 0.3 is 0 Å². The van der Waals surface area contributed by atoms with Crippen LogP contribution in [0.1, 0.15) is 50.7 Å². The summed E-state index contributed by atoms with van der Waals surface area (Å²) in [5.74, 6) is -0.321. The van der Waals surface area contributed by atoms with Crippen LogP contribution in [0.5, 0.6) is 0 Å². The Morgan fingerprint density at radius 3 is 2.24 bits per heavy atom. The highest BCUT2D eigenvalue weighted by atomic mass is 32.2. The molecule has 2 rings (SSSR count). The van der Waals surface area contributed by atoms with Crippen molar-refractivity contribution in [3.63, 3.8) is 0 Å². The number of nitrogens with one attached hydrogen (secondary N) is 1. The van der Waals surface area contributed by atoms with Crippen molar-refractivity contribution < 1.29 is 18.0 Å². The molecule has 8 heteroatoms. The fraction of sp³-hybridized carbons (Fsp3) is 0.462. The van der Waals surface area contributed by atoms with E-state index in [-0.39, 0.29) is 29.7 Å². The first-order valence-corrected chi connectivity index (χ1v) is 13.3. The van der Waals surface area contributed by atoms with E-state index in [9.17, 15) is 18.0 Å². The van der Waals surface area contributed by atoms with Crippen LogP contribution in [-0.4, -0.2) is 55.6 Å². The average molecular weight is 488 g/mol. The molecule has 0 aliphatic carbocycles. The maximum absolute atomic E-state index is 13.3. The summed E-state index contributed by atoms with van der Waals surface area (Å²) >= 11 is 0. The third-order valence-electron chi connectivity index (χ3n) is 5.72. The molecule has 0 fully saturated rings. The Balaban J connectivity index is 2.10. The van der Waals surface area contributed by atoms with Gasteiger partial charge in [0.25, 0.3) is 0 Å². The fourth-order valence-corrected chi connectivity index (χ4v) is 4.90. The molecule has 7 nitrogen and oxygen atoms in total. The van der Waals surface area contributed by atoms with E-state index in [1.807, 2.05) is 45.0 Å². The highest BCUT2D eigenvalue weighted by molar-refractivity contribution is 7.89. The lowest BCUT2D eigenvalue weighted by atomic mass is 10.1. The van der Waals surface area contributed by atoms with Gasteiger partial charge in [-0.1, -0.05) is 61.9 Å². The zero-order chi connectivity index (χ0) is 25.1. The zero-order valence-corrected chi connectivity index (χ0v) is 21.5. The van der Waals surface area contributed by atoms with E-state index < -0.39 is 16.1 Å². The SMILES string of the molecule is CCCNC(=O)C(CC)N(Cc1ccc(C)cc1)C(=O)CCCN(C)S(=O)(=O)c1ccccc1. The third kappa shape index (κ3) is 7.67. The van der Waals surface area contributed by atoms with Crippen molar-refractivity contribution in [3.8, 4) is 0 Å². The van der Waals surface area contributed by atoms with Gasteiger partial charge in [0.05, 0.1) is 4.90 Å². The number of rotatable bonds is 13. The molecule has 1 N–H and O–H groups in total. The number of nitrogens with zero attached hydrogens (tertiary/aromatic N) is 2. The molecular formula is C26H37N3O4S. The van der Waals surface area contributed by atoms with Gasteiger partial charge in [-0.3, -0.25) is 9.59 Å². The summed E-state index contributed by atoms with van der Waals surface area (Å²) < 4.78 is 26.7. The Morgan fingerprint density at radius 2 is 1.65 bits per heavy atom. The topological polar surface area (TPSA) is 86.8 Å². The summed E-state index contributed by atoms with van der Waals surface area (Å²) in [6.07, 6.45) is 1.82. The van der Waals surface area contributed by atoms with Crippen LogP contribution >= 0.6 is 0 Å². The Labute approximate surface area is 204 Å². The summed E-state index contributed by atoms with van der Waals surface area (Å²) in [6.45, 7) is 6.97.